The van der Waals surface area contributed by atoms with Crippen molar-refractivity contribution >= 4 is 12.0 Å². The van der Waals surface area contributed by atoms with E-state index in [0.717, 1.165) is 46.0 Å². The van der Waals surface area contributed by atoms with Crippen LogP contribution in [0, 0.1) is 13.8 Å². The second kappa shape index (κ2) is 10.7. The lowest BCUT2D eigenvalue weighted by Gasteiger charge is -2.13. The number of nitrogens with zero attached hydrogens (tertiary/aromatic N) is 2. The normalized spacial score (nSPS) is 12.0. The van der Waals surface area contributed by atoms with Crippen molar-refractivity contribution in [2.75, 3.05) is 7.11 Å². The molecule has 0 radical (unpaired) electrons. The molecule has 1 amide bonds. The average molecular weight is 434 g/mol. The molecule has 1 heterocycles. The summed E-state index contributed by atoms with van der Waals surface area (Å²) in [5.41, 5.74) is 5.04. The molecule has 1 unspecified atom stereocenters. The number of carbonyl (C=O) groups is 1. The van der Waals surface area contributed by atoms with E-state index in [9.17, 15) is 4.79 Å². The second-order valence-electron chi connectivity index (χ2n) is 7.74. The highest BCUT2D eigenvalue weighted by atomic mass is 16.5. The maximum absolute atomic E-state index is 12.5. The summed E-state index contributed by atoms with van der Waals surface area (Å²) in [5, 5.41) is 7.36. The Morgan fingerprint density at radius 3 is 2.72 bits per heavy atom. The van der Waals surface area contributed by atoms with Gasteiger partial charge in [-0.15, -0.1) is 0 Å². The number of ether oxygens (including phenoxy) is 2. The van der Waals surface area contributed by atoms with E-state index >= 15 is 0 Å². The zero-order valence-electron chi connectivity index (χ0n) is 19.4. The third-order valence-corrected chi connectivity index (χ3v) is 5.38. The van der Waals surface area contributed by atoms with Crippen LogP contribution in [0.1, 0.15) is 47.8 Å². The molecule has 2 aromatic carbocycles. The van der Waals surface area contributed by atoms with Crippen LogP contribution in [0.5, 0.6) is 11.5 Å². The number of aryl methyl sites for hydroxylation is 2. The number of nitrogens with one attached hydrogen (secondary N) is 1. The smallest absolute Gasteiger partial charge is 0.244 e. The van der Waals surface area contributed by atoms with Crippen molar-refractivity contribution in [3.05, 3.63) is 82.7 Å². The van der Waals surface area contributed by atoms with Gasteiger partial charge in [0.15, 0.2) is 0 Å². The molecule has 0 aliphatic carbocycles. The molecule has 0 aliphatic heterocycles. The van der Waals surface area contributed by atoms with Gasteiger partial charge in [-0.05, 0) is 69.2 Å². The number of rotatable bonds is 9. The molecule has 3 aromatic rings. The summed E-state index contributed by atoms with van der Waals surface area (Å²) in [6.45, 7) is 9.23. The first-order valence-electron chi connectivity index (χ1n) is 10.8. The van der Waals surface area contributed by atoms with Gasteiger partial charge in [-0.2, -0.15) is 5.10 Å². The average Bonchev–Trinajstić information content (AvgIpc) is 3.16. The first kappa shape index (κ1) is 23.1. The summed E-state index contributed by atoms with van der Waals surface area (Å²) in [4.78, 5) is 12.5. The van der Waals surface area contributed by atoms with Crippen LogP contribution in [0.4, 0.5) is 0 Å². The Balaban J connectivity index is 1.66. The number of hydrogen-bond donors (Lipinski definition) is 1. The van der Waals surface area contributed by atoms with Crippen molar-refractivity contribution in [2.24, 2.45) is 0 Å². The van der Waals surface area contributed by atoms with Gasteiger partial charge in [-0.25, -0.2) is 0 Å². The first-order valence-corrected chi connectivity index (χ1v) is 10.8. The lowest BCUT2D eigenvalue weighted by molar-refractivity contribution is -0.117. The summed E-state index contributed by atoms with van der Waals surface area (Å²) in [5.74, 6) is 1.40. The molecule has 3 rings (SSSR count). The Morgan fingerprint density at radius 2 is 2.03 bits per heavy atom. The number of methoxy groups -OCH3 is 1. The van der Waals surface area contributed by atoms with Crippen LogP contribution in [0.3, 0.4) is 0 Å². The third-order valence-electron chi connectivity index (χ3n) is 5.38. The minimum Gasteiger partial charge on any atom is -0.496 e. The fraction of sp³-hybridized carbons (Fsp3) is 0.308. The number of hydrogen-bond acceptors (Lipinski definition) is 4. The molecular weight excluding hydrogens is 402 g/mol. The van der Waals surface area contributed by atoms with Gasteiger partial charge in [0, 0.05) is 29.4 Å². The molecule has 0 saturated heterocycles. The minimum absolute atomic E-state index is 0.124. The summed E-state index contributed by atoms with van der Waals surface area (Å²) >= 11 is 0. The van der Waals surface area contributed by atoms with E-state index in [2.05, 4.69) is 10.4 Å². The fourth-order valence-corrected chi connectivity index (χ4v) is 3.60. The highest BCUT2D eigenvalue weighted by Crippen LogP contribution is 2.23. The summed E-state index contributed by atoms with van der Waals surface area (Å²) < 4.78 is 13.3. The maximum atomic E-state index is 12.5. The van der Waals surface area contributed by atoms with Gasteiger partial charge in [0.05, 0.1) is 19.3 Å². The van der Waals surface area contributed by atoms with E-state index in [1.165, 1.54) is 0 Å². The lowest BCUT2D eigenvalue weighted by atomic mass is 10.1. The fourth-order valence-electron chi connectivity index (χ4n) is 3.60. The van der Waals surface area contributed by atoms with E-state index in [1.807, 2.05) is 81.0 Å². The Labute approximate surface area is 189 Å². The Bertz CT molecular complexity index is 1100. The quantitative estimate of drug-likeness (QED) is 0.483. The van der Waals surface area contributed by atoms with Gasteiger partial charge in [0.25, 0.3) is 0 Å². The van der Waals surface area contributed by atoms with Crippen LogP contribution >= 0.6 is 0 Å². The van der Waals surface area contributed by atoms with Gasteiger partial charge in [-0.3, -0.25) is 9.48 Å². The molecule has 0 aliphatic rings. The predicted molar refractivity (Wildman–Crippen MR) is 127 cm³/mol. The van der Waals surface area contributed by atoms with Crippen molar-refractivity contribution in [1.29, 1.82) is 0 Å². The van der Waals surface area contributed by atoms with Gasteiger partial charge in [-0.1, -0.05) is 18.2 Å². The Kier molecular flexibility index (Phi) is 7.71. The zero-order chi connectivity index (χ0) is 23.1. The van der Waals surface area contributed by atoms with Crippen molar-refractivity contribution in [3.8, 4) is 11.5 Å². The van der Waals surface area contributed by atoms with Gasteiger partial charge in [0.1, 0.15) is 18.1 Å². The van der Waals surface area contributed by atoms with Crippen LogP contribution in [-0.4, -0.2) is 22.8 Å². The molecule has 1 N–H and O–H groups in total. The van der Waals surface area contributed by atoms with Crippen LogP contribution in [-0.2, 0) is 17.9 Å². The largest absolute Gasteiger partial charge is 0.496 e. The summed E-state index contributed by atoms with van der Waals surface area (Å²) in [7, 11) is 1.64. The molecule has 6 heteroatoms. The standard InChI is InChI=1S/C26H31N3O3/c1-6-29-20(4)24(16-27-29)19(3)28-26(30)13-11-21-10-12-25(31-5)22(15-21)17-32-23-9-7-8-18(2)14-23/h7-16,19H,6,17H2,1-5H3,(H,28,30)/b13-11+. The zero-order valence-corrected chi connectivity index (χ0v) is 19.4. The topological polar surface area (TPSA) is 65.4 Å². The number of benzene rings is 2. The molecule has 1 aromatic heterocycles. The third kappa shape index (κ3) is 5.78. The SMILES string of the molecule is CCn1ncc(C(C)NC(=O)/C=C/c2ccc(OC)c(COc3cccc(C)c3)c2)c1C. The van der Waals surface area contributed by atoms with Crippen LogP contribution in [0.15, 0.2) is 54.7 Å². The second-order valence-corrected chi connectivity index (χ2v) is 7.74. The van der Waals surface area contributed by atoms with Crippen LogP contribution < -0.4 is 14.8 Å². The number of carbonyl (C=O) groups excluding carboxylic acids is 1. The van der Waals surface area contributed by atoms with Crippen molar-refractivity contribution in [1.82, 2.24) is 15.1 Å². The van der Waals surface area contributed by atoms with E-state index in [0.29, 0.717) is 6.61 Å². The van der Waals surface area contributed by atoms with Crippen LogP contribution in [0.2, 0.25) is 0 Å². The minimum atomic E-state index is -0.158. The highest BCUT2D eigenvalue weighted by Gasteiger charge is 2.14. The lowest BCUT2D eigenvalue weighted by Crippen LogP contribution is -2.25. The van der Waals surface area contributed by atoms with Crippen molar-refractivity contribution < 1.29 is 14.3 Å². The molecule has 0 fully saturated rings. The molecule has 0 saturated carbocycles. The maximum Gasteiger partial charge on any atom is 0.244 e. The molecule has 168 valence electrons. The summed E-state index contributed by atoms with van der Waals surface area (Å²) in [6.07, 6.45) is 5.15. The number of aromatic nitrogens is 2. The molecule has 6 nitrogen and oxygen atoms in total. The molecule has 1 atom stereocenters. The van der Waals surface area contributed by atoms with Gasteiger partial charge < -0.3 is 14.8 Å². The van der Waals surface area contributed by atoms with Gasteiger partial charge in [0.2, 0.25) is 5.91 Å². The van der Waals surface area contributed by atoms with E-state index in [-0.39, 0.29) is 11.9 Å². The van der Waals surface area contributed by atoms with E-state index in [1.54, 1.807) is 19.3 Å². The molecule has 0 bridgehead atoms. The van der Waals surface area contributed by atoms with E-state index < -0.39 is 0 Å². The molecular formula is C26H31N3O3. The number of amides is 1. The summed E-state index contributed by atoms with van der Waals surface area (Å²) in [6, 6.07) is 13.6. The first-order chi connectivity index (χ1) is 15.4. The monoisotopic (exact) mass is 433 g/mol. The van der Waals surface area contributed by atoms with Crippen molar-refractivity contribution in [3.63, 3.8) is 0 Å². The van der Waals surface area contributed by atoms with Gasteiger partial charge >= 0.3 is 0 Å². The molecule has 0 spiro atoms. The van der Waals surface area contributed by atoms with E-state index in [4.69, 9.17) is 9.47 Å². The predicted octanol–water partition coefficient (Wildman–Crippen LogP) is 5.00. The highest BCUT2D eigenvalue weighted by molar-refractivity contribution is 5.92. The Hall–Kier alpha value is -3.54. The molecule has 32 heavy (non-hydrogen) atoms. The van der Waals surface area contributed by atoms with Crippen molar-refractivity contribution in [2.45, 2.75) is 46.9 Å². The van der Waals surface area contributed by atoms with Crippen LogP contribution in [0.25, 0.3) is 6.08 Å². The Morgan fingerprint density at radius 1 is 1.22 bits per heavy atom.